The lowest BCUT2D eigenvalue weighted by Gasteiger charge is -2.01. The number of hydrogen-bond donors (Lipinski definition) is 2. The zero-order chi connectivity index (χ0) is 15.4. The normalized spacial score (nSPS) is 10.2. The van der Waals surface area contributed by atoms with Gasteiger partial charge in [-0.25, -0.2) is 14.2 Å². The number of thiazole rings is 1. The first-order valence-corrected chi connectivity index (χ1v) is 6.83. The molecule has 1 aromatic carbocycles. The molecule has 0 radical (unpaired) electrons. The zero-order valence-electron chi connectivity index (χ0n) is 11.1. The number of nitrogen functional groups attached to an aromatic ring is 1. The third-order valence-electron chi connectivity index (χ3n) is 2.42. The number of carbonyl (C=O) groups excluding carboxylic acids is 2. The minimum atomic E-state index is -0.971. The van der Waals surface area contributed by atoms with E-state index in [1.807, 2.05) is 0 Å². The van der Waals surface area contributed by atoms with E-state index in [2.05, 4.69) is 15.0 Å². The van der Waals surface area contributed by atoms with Gasteiger partial charge in [-0.2, -0.15) is 0 Å². The molecule has 0 saturated heterocycles. The van der Waals surface area contributed by atoms with Gasteiger partial charge in [0.25, 0.3) is 5.78 Å². The molecule has 0 aliphatic heterocycles. The van der Waals surface area contributed by atoms with Gasteiger partial charge < -0.3 is 15.8 Å². The highest BCUT2D eigenvalue weighted by atomic mass is 32.1. The third-order valence-corrected chi connectivity index (χ3v) is 3.40. The van der Waals surface area contributed by atoms with Crippen molar-refractivity contribution in [3.05, 3.63) is 35.0 Å². The first-order valence-electron chi connectivity index (χ1n) is 6.01. The van der Waals surface area contributed by atoms with Crippen molar-refractivity contribution in [2.45, 2.75) is 6.92 Å². The Hall–Kier alpha value is -2.48. The number of rotatable bonds is 5. The first-order chi connectivity index (χ1) is 10.0. The van der Waals surface area contributed by atoms with Crippen LogP contribution in [0.1, 0.15) is 16.6 Å². The second-order valence-electron chi connectivity index (χ2n) is 3.91. The fraction of sp³-hybridized carbons (Fsp3) is 0.154. The molecule has 0 fully saturated rings. The summed E-state index contributed by atoms with van der Waals surface area (Å²) in [6.07, 6.45) is 0. The number of ketones is 1. The van der Waals surface area contributed by atoms with Crippen LogP contribution >= 0.6 is 11.3 Å². The summed E-state index contributed by atoms with van der Waals surface area (Å²) in [6, 6.07) is 5.59. The maximum atomic E-state index is 12.8. The molecular weight excluding hydrogens is 297 g/mol. The Kier molecular flexibility index (Phi) is 4.49. The Balaban J connectivity index is 2.17. The molecule has 1 heterocycles. The average molecular weight is 309 g/mol. The van der Waals surface area contributed by atoms with E-state index >= 15 is 0 Å². The summed E-state index contributed by atoms with van der Waals surface area (Å²) in [4.78, 5) is 27.2. The maximum absolute atomic E-state index is 12.8. The number of anilines is 3. The molecule has 3 N–H and O–H groups in total. The van der Waals surface area contributed by atoms with Gasteiger partial charge in [0.05, 0.1) is 6.61 Å². The minimum absolute atomic E-state index is 0.0121. The Morgan fingerprint density at radius 3 is 2.67 bits per heavy atom. The number of nitrogens with two attached hydrogens (primary N) is 1. The molecule has 6 nitrogen and oxygen atoms in total. The van der Waals surface area contributed by atoms with Crippen LogP contribution in [0.2, 0.25) is 0 Å². The van der Waals surface area contributed by atoms with E-state index in [-0.39, 0.29) is 23.1 Å². The van der Waals surface area contributed by atoms with Crippen LogP contribution in [0.3, 0.4) is 0 Å². The number of halogens is 1. The lowest BCUT2D eigenvalue weighted by molar-refractivity contribution is -0.137. The van der Waals surface area contributed by atoms with Crippen LogP contribution in [0.15, 0.2) is 24.3 Å². The van der Waals surface area contributed by atoms with Gasteiger partial charge in [0.15, 0.2) is 5.13 Å². The van der Waals surface area contributed by atoms with Crippen molar-refractivity contribution in [3.63, 3.8) is 0 Å². The molecule has 2 rings (SSSR count). The van der Waals surface area contributed by atoms with Gasteiger partial charge in [-0.05, 0) is 31.2 Å². The SMILES string of the molecule is CCOC(=O)C(=O)c1sc(Nc2ccc(F)cc2)nc1N. The predicted octanol–water partition coefficient (Wildman–Crippen LogP) is 2.35. The molecule has 0 atom stereocenters. The number of carbonyl (C=O) groups is 2. The average Bonchev–Trinajstić information content (AvgIpc) is 2.81. The van der Waals surface area contributed by atoms with Crippen LogP contribution < -0.4 is 11.1 Å². The number of nitrogens with zero attached hydrogens (tertiary/aromatic N) is 1. The molecule has 0 amide bonds. The standard InChI is InChI=1S/C13H12FN3O3S/c1-2-20-12(19)9(18)10-11(15)17-13(21-10)16-8-5-3-7(14)4-6-8/h3-6H,2,15H2,1H3,(H,16,17). The second-order valence-corrected chi connectivity index (χ2v) is 4.91. The van der Waals surface area contributed by atoms with Crippen LogP contribution in [-0.4, -0.2) is 23.3 Å². The topological polar surface area (TPSA) is 94.3 Å². The quantitative estimate of drug-likeness (QED) is 0.500. The van der Waals surface area contributed by atoms with Crippen molar-refractivity contribution in [3.8, 4) is 0 Å². The number of nitrogens with one attached hydrogen (secondary N) is 1. The lowest BCUT2D eigenvalue weighted by atomic mass is 10.3. The second kappa shape index (κ2) is 6.31. The molecule has 110 valence electrons. The van der Waals surface area contributed by atoms with Gasteiger partial charge in [0.2, 0.25) is 0 Å². The van der Waals surface area contributed by atoms with Crippen LogP contribution in [0, 0.1) is 5.82 Å². The molecule has 0 bridgehead atoms. The highest BCUT2D eigenvalue weighted by Crippen LogP contribution is 2.28. The Bertz CT molecular complexity index is 670. The Morgan fingerprint density at radius 2 is 2.05 bits per heavy atom. The monoisotopic (exact) mass is 309 g/mol. The molecule has 0 spiro atoms. The van der Waals surface area contributed by atoms with Gasteiger partial charge in [-0.15, -0.1) is 0 Å². The van der Waals surface area contributed by atoms with E-state index in [9.17, 15) is 14.0 Å². The molecule has 1 aromatic heterocycles. The highest BCUT2D eigenvalue weighted by Gasteiger charge is 2.24. The van der Waals surface area contributed by atoms with Crippen molar-refractivity contribution in [2.24, 2.45) is 0 Å². The Labute approximate surface area is 123 Å². The molecule has 0 aliphatic rings. The molecule has 0 unspecified atom stereocenters. The summed E-state index contributed by atoms with van der Waals surface area (Å²) in [5, 5.41) is 3.20. The van der Waals surface area contributed by atoms with E-state index in [1.54, 1.807) is 6.92 Å². The summed E-state index contributed by atoms with van der Waals surface area (Å²) in [7, 11) is 0. The summed E-state index contributed by atoms with van der Waals surface area (Å²) < 4.78 is 17.4. The van der Waals surface area contributed by atoms with Crippen molar-refractivity contribution in [1.82, 2.24) is 4.98 Å². The van der Waals surface area contributed by atoms with Gasteiger partial charge in [-0.1, -0.05) is 11.3 Å². The lowest BCUT2D eigenvalue weighted by Crippen LogP contribution is -2.17. The van der Waals surface area contributed by atoms with Crippen LogP contribution in [0.4, 0.5) is 21.0 Å². The van der Waals surface area contributed by atoms with Crippen molar-refractivity contribution < 1.29 is 18.7 Å². The fourth-order valence-electron chi connectivity index (χ4n) is 1.49. The van der Waals surface area contributed by atoms with E-state index < -0.39 is 11.8 Å². The summed E-state index contributed by atoms with van der Waals surface area (Å²) in [5.74, 6) is -2.22. The zero-order valence-corrected chi connectivity index (χ0v) is 11.9. The highest BCUT2D eigenvalue weighted by molar-refractivity contribution is 7.18. The number of esters is 1. The largest absolute Gasteiger partial charge is 0.460 e. The van der Waals surface area contributed by atoms with Crippen molar-refractivity contribution in [1.29, 1.82) is 0 Å². The molecule has 21 heavy (non-hydrogen) atoms. The molecule has 2 aromatic rings. The first kappa shape index (κ1) is 14.9. The fourth-order valence-corrected chi connectivity index (χ4v) is 2.33. The van der Waals surface area contributed by atoms with Gasteiger partial charge >= 0.3 is 5.97 Å². The smallest absolute Gasteiger partial charge is 0.380 e. The summed E-state index contributed by atoms with van der Waals surface area (Å²) in [6.45, 7) is 1.70. The molecule has 8 heteroatoms. The van der Waals surface area contributed by atoms with E-state index in [0.29, 0.717) is 10.8 Å². The van der Waals surface area contributed by atoms with E-state index in [0.717, 1.165) is 11.3 Å². The van der Waals surface area contributed by atoms with Gasteiger partial charge in [0, 0.05) is 5.69 Å². The van der Waals surface area contributed by atoms with Gasteiger partial charge in [0.1, 0.15) is 16.5 Å². The number of benzene rings is 1. The number of aromatic nitrogens is 1. The van der Waals surface area contributed by atoms with Gasteiger partial charge in [-0.3, -0.25) is 4.79 Å². The minimum Gasteiger partial charge on any atom is -0.460 e. The van der Waals surface area contributed by atoms with Crippen molar-refractivity contribution >= 4 is 39.7 Å². The maximum Gasteiger partial charge on any atom is 0.380 e. The van der Waals surface area contributed by atoms with Crippen LogP contribution in [-0.2, 0) is 9.53 Å². The summed E-state index contributed by atoms with van der Waals surface area (Å²) >= 11 is 0.929. The molecule has 0 saturated carbocycles. The predicted molar refractivity (Wildman–Crippen MR) is 77.2 cm³/mol. The third kappa shape index (κ3) is 3.54. The molecular formula is C13H12FN3O3S. The van der Waals surface area contributed by atoms with E-state index in [4.69, 9.17) is 5.73 Å². The van der Waals surface area contributed by atoms with Crippen LogP contribution in [0.25, 0.3) is 0 Å². The number of ether oxygens (including phenoxy) is 1. The van der Waals surface area contributed by atoms with Crippen molar-refractivity contribution in [2.75, 3.05) is 17.7 Å². The number of hydrogen-bond acceptors (Lipinski definition) is 7. The van der Waals surface area contributed by atoms with Crippen LogP contribution in [0.5, 0.6) is 0 Å². The Morgan fingerprint density at radius 1 is 1.38 bits per heavy atom. The number of Topliss-reactive ketones (excluding diaryl/α,β-unsaturated/α-hetero) is 1. The molecule has 0 aliphatic carbocycles. The summed E-state index contributed by atoms with van der Waals surface area (Å²) in [5.41, 5.74) is 6.21. The van der Waals surface area contributed by atoms with E-state index in [1.165, 1.54) is 24.3 Å².